The average molecular weight is 749 g/mol. The minimum atomic E-state index is -0.866. The molecule has 8 aromatic carbocycles. The summed E-state index contributed by atoms with van der Waals surface area (Å²) in [7, 11) is 0. The number of hydrogen-bond donors (Lipinski definition) is 0. The number of rotatable bonds is 6. The molecule has 0 saturated heterocycles. The molecule has 0 aliphatic heterocycles. The van der Waals surface area contributed by atoms with Crippen LogP contribution in [0.2, 0.25) is 0 Å². The molecule has 11 rings (SSSR count). The molecule has 56 heavy (non-hydrogen) atoms. The highest BCUT2D eigenvalue weighted by atomic mass is 32.1. The van der Waals surface area contributed by atoms with Gasteiger partial charge in [0.05, 0.1) is 33.0 Å². The smallest absolute Gasteiger partial charge is 0.166 e. The minimum absolute atomic E-state index is 0.112. The van der Waals surface area contributed by atoms with Gasteiger partial charge in [0, 0.05) is 53.3 Å². The highest BCUT2D eigenvalue weighted by Gasteiger charge is 2.21. The molecule has 0 amide bonds. The Bertz CT molecular complexity index is 4120. The standard InChI is InChI=1S/C51H32N4S/c1-3-13-33(14-4-1)35-25-27-37(28-26-35)49-52-50(54-51(53-49)44-22-12-20-42-40-18-8-10-24-46(40)56-48(42)44)43-21-11-19-41-39-17-7-9-23-45(39)55(47(41)43)38-31-29-36(30-32-38)34-15-5-2-6-16-34/h1-32H/i2D,5D,6D,7D,9D,11D,15D,16D,17D,19D,21D,23D,29D,30D,31D,32D. The van der Waals surface area contributed by atoms with Crippen LogP contribution in [-0.4, -0.2) is 19.5 Å². The second kappa shape index (κ2) is 13.3. The van der Waals surface area contributed by atoms with Crippen LogP contribution in [0.25, 0.3) is 104 Å². The Morgan fingerprint density at radius 1 is 0.411 bits per heavy atom. The van der Waals surface area contributed by atoms with Crippen LogP contribution in [0.1, 0.15) is 21.9 Å². The minimum Gasteiger partial charge on any atom is -0.308 e. The highest BCUT2D eigenvalue weighted by Crippen LogP contribution is 2.41. The number of benzene rings is 8. The quantitative estimate of drug-likeness (QED) is 0.170. The molecule has 0 unspecified atom stereocenters. The third-order valence-corrected chi connectivity index (χ3v) is 10.8. The van der Waals surface area contributed by atoms with Crippen molar-refractivity contribution in [1.29, 1.82) is 0 Å². The zero-order valence-corrected chi connectivity index (χ0v) is 29.8. The molecule has 0 atom stereocenters. The summed E-state index contributed by atoms with van der Waals surface area (Å²) in [5.41, 5.74) is 0.0156. The fourth-order valence-corrected chi connectivity index (χ4v) is 8.19. The second-order valence-electron chi connectivity index (χ2n) is 12.8. The molecular weight excluding hydrogens is 701 g/mol. The lowest BCUT2D eigenvalue weighted by Gasteiger charge is -2.13. The van der Waals surface area contributed by atoms with Crippen LogP contribution in [-0.2, 0) is 0 Å². The first-order valence-corrected chi connectivity index (χ1v) is 18.3. The number of para-hydroxylation sites is 2. The van der Waals surface area contributed by atoms with E-state index in [9.17, 15) is 12.3 Å². The van der Waals surface area contributed by atoms with Gasteiger partial charge >= 0.3 is 0 Å². The van der Waals surface area contributed by atoms with Gasteiger partial charge < -0.3 is 4.57 Å². The van der Waals surface area contributed by atoms with E-state index in [1.807, 2.05) is 97.1 Å². The van der Waals surface area contributed by atoms with E-state index in [1.54, 1.807) is 0 Å². The fraction of sp³-hybridized carbons (Fsp3) is 0. The average Bonchev–Trinajstić information content (AvgIpc) is 3.95. The van der Waals surface area contributed by atoms with Gasteiger partial charge in [-0.25, -0.2) is 15.0 Å². The largest absolute Gasteiger partial charge is 0.308 e. The van der Waals surface area contributed by atoms with Gasteiger partial charge in [-0.15, -0.1) is 11.3 Å². The maximum Gasteiger partial charge on any atom is 0.166 e. The molecule has 0 aliphatic carbocycles. The lowest BCUT2D eigenvalue weighted by atomic mass is 10.0. The first kappa shape index (κ1) is 19.9. The Balaban J connectivity index is 1.29. The van der Waals surface area contributed by atoms with Crippen molar-refractivity contribution in [1.82, 2.24) is 19.5 Å². The topological polar surface area (TPSA) is 43.6 Å². The molecule has 0 aliphatic rings. The highest BCUT2D eigenvalue weighted by molar-refractivity contribution is 7.26. The lowest BCUT2D eigenvalue weighted by Crippen LogP contribution is -2.02. The number of aromatic nitrogens is 4. The van der Waals surface area contributed by atoms with Gasteiger partial charge in [0.2, 0.25) is 0 Å². The summed E-state index contributed by atoms with van der Waals surface area (Å²) >= 11 is 1.51. The molecule has 0 radical (unpaired) electrons. The maximum absolute atomic E-state index is 9.65. The van der Waals surface area contributed by atoms with Crippen molar-refractivity contribution in [3.05, 3.63) is 194 Å². The van der Waals surface area contributed by atoms with Crippen LogP contribution >= 0.6 is 11.3 Å². The first-order chi connectivity index (χ1) is 34.4. The van der Waals surface area contributed by atoms with Gasteiger partial charge in [-0.3, -0.25) is 0 Å². The summed E-state index contributed by atoms with van der Waals surface area (Å²) in [4.78, 5) is 15.0. The Morgan fingerprint density at radius 3 is 1.89 bits per heavy atom. The zero-order valence-electron chi connectivity index (χ0n) is 44.9. The summed E-state index contributed by atoms with van der Waals surface area (Å²) in [6.45, 7) is 0. The van der Waals surface area contributed by atoms with Crippen molar-refractivity contribution in [2.45, 2.75) is 0 Å². The predicted molar refractivity (Wildman–Crippen MR) is 234 cm³/mol. The van der Waals surface area contributed by atoms with Crippen molar-refractivity contribution in [3.63, 3.8) is 0 Å². The van der Waals surface area contributed by atoms with Crippen LogP contribution in [0.15, 0.2) is 194 Å². The Kier molecular flexibility index (Phi) is 4.72. The molecule has 0 fully saturated rings. The fourth-order valence-electron chi connectivity index (χ4n) is 6.98. The summed E-state index contributed by atoms with van der Waals surface area (Å²) in [6, 6.07) is 18.5. The second-order valence-corrected chi connectivity index (χ2v) is 13.8. The van der Waals surface area contributed by atoms with E-state index in [2.05, 4.69) is 0 Å². The van der Waals surface area contributed by atoms with Gasteiger partial charge in [-0.2, -0.15) is 0 Å². The molecule has 0 bridgehead atoms. The van der Waals surface area contributed by atoms with Gasteiger partial charge in [0.1, 0.15) is 0 Å². The normalized spacial score (nSPS) is 15.6. The van der Waals surface area contributed by atoms with E-state index in [-0.39, 0.29) is 39.3 Å². The van der Waals surface area contributed by atoms with Crippen LogP contribution in [0.4, 0.5) is 0 Å². The summed E-state index contributed by atoms with van der Waals surface area (Å²) < 4.78 is 147. The molecule has 3 heterocycles. The van der Waals surface area contributed by atoms with Crippen molar-refractivity contribution < 1.29 is 21.9 Å². The van der Waals surface area contributed by atoms with Crippen molar-refractivity contribution in [3.8, 4) is 62.1 Å². The van der Waals surface area contributed by atoms with Gasteiger partial charge in [-0.05, 0) is 58.6 Å². The molecule has 3 aromatic heterocycles. The van der Waals surface area contributed by atoms with E-state index in [4.69, 9.17) is 24.5 Å². The molecule has 5 heteroatoms. The Hall–Kier alpha value is -7.21. The van der Waals surface area contributed by atoms with E-state index in [1.165, 1.54) is 11.3 Å². The monoisotopic (exact) mass is 748 g/mol. The van der Waals surface area contributed by atoms with Gasteiger partial charge in [-0.1, -0.05) is 157 Å². The lowest BCUT2D eigenvalue weighted by molar-refractivity contribution is 1.07. The van der Waals surface area contributed by atoms with Crippen LogP contribution in [0.3, 0.4) is 0 Å². The molecule has 11 aromatic rings. The number of fused-ring (bicyclic) bond motifs is 6. The third-order valence-electron chi connectivity index (χ3n) is 9.55. The van der Waals surface area contributed by atoms with E-state index in [0.717, 1.165) is 35.9 Å². The molecule has 262 valence electrons. The Labute approximate surface area is 350 Å². The maximum atomic E-state index is 9.65. The number of nitrogens with zero attached hydrogens (tertiary/aromatic N) is 4. The first-order valence-electron chi connectivity index (χ1n) is 25.5. The SMILES string of the molecule is [2H]c1c([2H])c([2H])c(-c2c([2H])c([2H])c(-n3c4c([2H])c([2H])c([2H])c([2H])c4c4c([2H])c([2H])c([2H])c(-c5nc(-c6ccc(-c7ccccc7)cc6)nc(-c6cccc7c6sc6ccccc67)n5)c43)c([2H])c2[2H])c([2H])c1[2H]. The molecule has 0 saturated carbocycles. The zero-order chi connectivity index (χ0) is 50.9. The van der Waals surface area contributed by atoms with E-state index in [0.29, 0.717) is 11.1 Å². The summed E-state index contributed by atoms with van der Waals surface area (Å²) in [5.74, 6) is -0.0117. The Morgan fingerprint density at radius 2 is 1.05 bits per heavy atom. The molecular formula is C51H32N4S. The van der Waals surface area contributed by atoms with Crippen molar-refractivity contribution in [2.24, 2.45) is 0 Å². The van der Waals surface area contributed by atoms with E-state index < -0.39 is 119 Å². The van der Waals surface area contributed by atoms with Gasteiger partial charge in [0.15, 0.2) is 17.5 Å². The van der Waals surface area contributed by atoms with Crippen LogP contribution < -0.4 is 0 Å². The number of hydrogen-bond acceptors (Lipinski definition) is 4. The van der Waals surface area contributed by atoms with E-state index >= 15 is 0 Å². The molecule has 4 nitrogen and oxygen atoms in total. The number of thiophene rings is 1. The molecule has 0 spiro atoms. The van der Waals surface area contributed by atoms with Crippen molar-refractivity contribution in [2.75, 3.05) is 0 Å². The predicted octanol–water partition coefficient (Wildman–Crippen LogP) is 13.7. The summed E-state index contributed by atoms with van der Waals surface area (Å²) in [6.07, 6.45) is 0. The molecule has 0 N–H and O–H groups in total. The third kappa shape index (κ3) is 5.40. The van der Waals surface area contributed by atoms with Crippen LogP contribution in [0, 0.1) is 0 Å². The van der Waals surface area contributed by atoms with Crippen LogP contribution in [0.5, 0.6) is 0 Å². The summed E-state index contributed by atoms with van der Waals surface area (Å²) in [5, 5.41) is 1.27. The van der Waals surface area contributed by atoms with Crippen molar-refractivity contribution >= 4 is 53.3 Å². The van der Waals surface area contributed by atoms with Gasteiger partial charge in [0.25, 0.3) is 0 Å².